The lowest BCUT2D eigenvalue weighted by Crippen LogP contribution is -2.29. The van der Waals surface area contributed by atoms with E-state index in [2.05, 4.69) is 20.9 Å². The number of aromatic amines is 1. The summed E-state index contributed by atoms with van der Waals surface area (Å²) in [6.07, 6.45) is 1.31. The highest BCUT2D eigenvalue weighted by atomic mass is 79.9. The van der Waals surface area contributed by atoms with Gasteiger partial charge in [0.15, 0.2) is 0 Å². The maximum Gasteiger partial charge on any atom is 0.333 e. The van der Waals surface area contributed by atoms with Crippen molar-refractivity contribution in [2.24, 2.45) is 0 Å². The molecule has 0 amide bonds. The Kier molecular flexibility index (Phi) is 2.66. The van der Waals surface area contributed by atoms with Crippen LogP contribution in [0.1, 0.15) is 0 Å². The maximum atomic E-state index is 11.5. The summed E-state index contributed by atoms with van der Waals surface area (Å²) < 4.78 is 2.11. The van der Waals surface area contributed by atoms with Gasteiger partial charge in [-0.05, 0) is 18.2 Å². The summed E-state index contributed by atoms with van der Waals surface area (Å²) in [4.78, 5) is 24.8. The van der Waals surface area contributed by atoms with Gasteiger partial charge in [0.05, 0.1) is 5.69 Å². The second-order valence-electron chi connectivity index (χ2n) is 3.19. The lowest BCUT2D eigenvalue weighted by Gasteiger charge is -2.05. The van der Waals surface area contributed by atoms with E-state index in [-0.39, 0.29) is 5.69 Å². The summed E-state index contributed by atoms with van der Waals surface area (Å²) >= 11 is 3.30. The van der Waals surface area contributed by atoms with Crippen LogP contribution in [0.25, 0.3) is 5.69 Å². The van der Waals surface area contributed by atoms with Gasteiger partial charge in [-0.25, -0.2) is 4.79 Å². The number of rotatable bonds is 1. The zero-order valence-corrected chi connectivity index (χ0v) is 9.69. The Bertz CT molecular complexity index is 645. The van der Waals surface area contributed by atoms with E-state index >= 15 is 0 Å². The second-order valence-corrected chi connectivity index (χ2v) is 4.11. The number of anilines is 1. The first kappa shape index (κ1) is 10.7. The van der Waals surface area contributed by atoms with Crippen LogP contribution in [0.3, 0.4) is 0 Å². The van der Waals surface area contributed by atoms with Crippen molar-refractivity contribution in [3.63, 3.8) is 0 Å². The van der Waals surface area contributed by atoms with Crippen LogP contribution in [0.4, 0.5) is 5.69 Å². The lowest BCUT2D eigenvalue weighted by molar-refractivity contribution is 0.900. The normalized spacial score (nSPS) is 10.3. The highest BCUT2D eigenvalue weighted by Gasteiger charge is 2.03. The van der Waals surface area contributed by atoms with Gasteiger partial charge >= 0.3 is 5.69 Å². The lowest BCUT2D eigenvalue weighted by atomic mass is 10.3. The van der Waals surface area contributed by atoms with Crippen LogP contribution >= 0.6 is 15.9 Å². The molecule has 0 aliphatic heterocycles. The fraction of sp³-hybridized carbons (Fsp3) is 0. The minimum atomic E-state index is -0.573. The predicted molar refractivity (Wildman–Crippen MR) is 64.8 cm³/mol. The fourth-order valence-corrected chi connectivity index (χ4v) is 1.69. The molecule has 82 valence electrons. The number of hydrogen-bond acceptors (Lipinski definition) is 3. The molecule has 0 spiro atoms. The Hall–Kier alpha value is -1.82. The Morgan fingerprint density at radius 2 is 2.06 bits per heavy atom. The number of benzene rings is 1. The molecule has 3 N–H and O–H groups in total. The molecule has 0 unspecified atom stereocenters. The van der Waals surface area contributed by atoms with Crippen LogP contribution in [0, 0.1) is 0 Å². The molecule has 2 rings (SSSR count). The highest BCUT2D eigenvalue weighted by Crippen LogP contribution is 2.13. The van der Waals surface area contributed by atoms with Crippen molar-refractivity contribution >= 4 is 21.6 Å². The van der Waals surface area contributed by atoms with Crippen LogP contribution in [0.5, 0.6) is 0 Å². The molecule has 0 bridgehead atoms. The van der Waals surface area contributed by atoms with Crippen molar-refractivity contribution in [2.45, 2.75) is 0 Å². The summed E-state index contributed by atoms with van der Waals surface area (Å²) in [5.74, 6) is 0. The number of nitrogens with one attached hydrogen (secondary N) is 1. The maximum absolute atomic E-state index is 11.5. The monoisotopic (exact) mass is 281 g/mol. The molecule has 0 saturated carbocycles. The molecule has 5 nitrogen and oxygen atoms in total. The third-order valence-electron chi connectivity index (χ3n) is 2.06. The Labute approximate surface area is 98.7 Å². The molecule has 6 heteroatoms. The van der Waals surface area contributed by atoms with Crippen molar-refractivity contribution in [1.29, 1.82) is 0 Å². The van der Waals surface area contributed by atoms with Crippen LogP contribution in [-0.4, -0.2) is 9.55 Å². The van der Waals surface area contributed by atoms with E-state index in [1.54, 1.807) is 18.2 Å². The minimum Gasteiger partial charge on any atom is -0.393 e. The summed E-state index contributed by atoms with van der Waals surface area (Å²) in [5.41, 5.74) is 4.99. The van der Waals surface area contributed by atoms with Crippen LogP contribution in [0.15, 0.2) is 44.5 Å². The Balaban J connectivity index is 2.70. The van der Waals surface area contributed by atoms with E-state index in [4.69, 9.17) is 5.73 Å². The van der Waals surface area contributed by atoms with Crippen LogP contribution in [0.2, 0.25) is 0 Å². The standard InChI is InChI=1S/C10H8BrN3O2/c11-6-2-1-3-7(4-6)14-5-8(12)9(15)13-10(14)16/h1-5H,12H2,(H,13,15,16). The van der Waals surface area contributed by atoms with Crippen molar-refractivity contribution in [1.82, 2.24) is 9.55 Å². The number of nitrogens with two attached hydrogens (primary N) is 1. The summed E-state index contributed by atoms with van der Waals surface area (Å²) in [6, 6.07) is 7.11. The zero-order chi connectivity index (χ0) is 11.7. The third kappa shape index (κ3) is 1.92. The molecule has 0 radical (unpaired) electrons. The molecule has 1 heterocycles. The van der Waals surface area contributed by atoms with Crippen molar-refractivity contribution in [2.75, 3.05) is 5.73 Å². The van der Waals surface area contributed by atoms with E-state index in [9.17, 15) is 9.59 Å². The first-order chi connectivity index (χ1) is 7.58. The zero-order valence-electron chi connectivity index (χ0n) is 8.11. The van der Waals surface area contributed by atoms with Gasteiger partial charge in [-0.2, -0.15) is 0 Å². The van der Waals surface area contributed by atoms with Gasteiger partial charge in [0.1, 0.15) is 5.69 Å². The summed E-state index contributed by atoms with van der Waals surface area (Å²) in [6.45, 7) is 0. The van der Waals surface area contributed by atoms with E-state index < -0.39 is 11.2 Å². The summed E-state index contributed by atoms with van der Waals surface area (Å²) in [5, 5.41) is 0. The van der Waals surface area contributed by atoms with Crippen molar-refractivity contribution < 1.29 is 0 Å². The van der Waals surface area contributed by atoms with Crippen LogP contribution in [-0.2, 0) is 0 Å². The second kappa shape index (κ2) is 3.97. The third-order valence-corrected chi connectivity index (χ3v) is 2.55. The van der Waals surface area contributed by atoms with Crippen LogP contribution < -0.4 is 17.0 Å². The number of nitrogens with zero attached hydrogens (tertiary/aromatic N) is 1. The van der Waals surface area contributed by atoms with Crippen molar-refractivity contribution in [3.05, 3.63) is 55.8 Å². The molecule has 1 aromatic heterocycles. The minimum absolute atomic E-state index is 0.000393. The molecule has 2 aromatic rings. The SMILES string of the molecule is Nc1cn(-c2cccc(Br)c2)c(=O)[nH]c1=O. The molecule has 0 aliphatic carbocycles. The number of nitrogen functional groups attached to an aromatic ring is 1. The van der Waals surface area contributed by atoms with Gasteiger partial charge in [0, 0.05) is 10.7 Å². The Morgan fingerprint density at radius 1 is 1.31 bits per heavy atom. The molecule has 1 aromatic carbocycles. The van der Waals surface area contributed by atoms with E-state index in [0.717, 1.165) is 4.47 Å². The largest absolute Gasteiger partial charge is 0.393 e. The first-order valence-corrected chi connectivity index (χ1v) is 5.24. The average Bonchev–Trinajstić information content (AvgIpc) is 2.23. The molecular weight excluding hydrogens is 274 g/mol. The molecule has 0 fully saturated rings. The number of H-pyrrole nitrogens is 1. The number of aromatic nitrogens is 2. The predicted octanol–water partition coefficient (Wildman–Crippen LogP) is 0.870. The van der Waals surface area contributed by atoms with Gasteiger partial charge in [-0.3, -0.25) is 14.3 Å². The highest BCUT2D eigenvalue weighted by molar-refractivity contribution is 9.10. The summed E-state index contributed by atoms with van der Waals surface area (Å²) in [7, 11) is 0. The molecule has 0 aliphatic rings. The van der Waals surface area contributed by atoms with E-state index in [1.807, 2.05) is 6.07 Å². The number of hydrogen-bond donors (Lipinski definition) is 2. The smallest absolute Gasteiger partial charge is 0.333 e. The fourth-order valence-electron chi connectivity index (χ4n) is 1.30. The quantitative estimate of drug-likeness (QED) is 0.814. The molecule has 16 heavy (non-hydrogen) atoms. The molecular formula is C10H8BrN3O2. The van der Waals surface area contributed by atoms with E-state index in [0.29, 0.717) is 5.69 Å². The van der Waals surface area contributed by atoms with Crippen molar-refractivity contribution in [3.8, 4) is 5.69 Å². The topological polar surface area (TPSA) is 80.9 Å². The first-order valence-electron chi connectivity index (χ1n) is 4.45. The van der Waals surface area contributed by atoms with Gasteiger partial charge in [-0.15, -0.1) is 0 Å². The van der Waals surface area contributed by atoms with Gasteiger partial charge in [0.25, 0.3) is 5.56 Å². The molecule has 0 saturated heterocycles. The average molecular weight is 282 g/mol. The van der Waals surface area contributed by atoms with E-state index in [1.165, 1.54) is 10.8 Å². The molecule has 0 atom stereocenters. The van der Waals surface area contributed by atoms with Gasteiger partial charge in [-0.1, -0.05) is 22.0 Å². The number of halogens is 1. The van der Waals surface area contributed by atoms with Gasteiger partial charge < -0.3 is 5.73 Å². The van der Waals surface area contributed by atoms with Gasteiger partial charge in [0.2, 0.25) is 0 Å². The Morgan fingerprint density at radius 3 is 2.75 bits per heavy atom.